The van der Waals surface area contributed by atoms with Gasteiger partial charge in [0.25, 0.3) is 11.8 Å². The Morgan fingerprint density at radius 1 is 1.20 bits per heavy atom. The molecule has 4 atom stereocenters. The smallest absolute Gasteiger partial charge is 0.255 e. The average Bonchev–Trinajstić information content (AvgIpc) is 3.00. The summed E-state index contributed by atoms with van der Waals surface area (Å²) in [5, 5.41) is 5.83. The van der Waals surface area contributed by atoms with Gasteiger partial charge in [-0.1, -0.05) is 0 Å². The Labute approximate surface area is 145 Å². The Hall–Kier alpha value is -2.61. The first-order valence-electron chi connectivity index (χ1n) is 8.16. The monoisotopic (exact) mass is 347 g/mol. The Morgan fingerprint density at radius 2 is 1.92 bits per heavy atom. The van der Waals surface area contributed by atoms with Crippen LogP contribution >= 0.6 is 0 Å². The normalized spacial score (nSPS) is 26.9. The molecule has 25 heavy (non-hydrogen) atoms. The number of primary amides is 1. The van der Waals surface area contributed by atoms with Crippen molar-refractivity contribution >= 4 is 17.7 Å². The van der Waals surface area contributed by atoms with Crippen LogP contribution in [0.5, 0.6) is 5.75 Å². The summed E-state index contributed by atoms with van der Waals surface area (Å²) in [4.78, 5) is 34.5. The quantitative estimate of drug-likeness (QED) is 0.645. The number of hydrogen-bond acceptors (Lipinski definition) is 5. The van der Waals surface area contributed by atoms with E-state index in [1.165, 1.54) is 6.92 Å². The molecule has 1 aromatic carbocycles. The van der Waals surface area contributed by atoms with Crippen LogP contribution in [0.2, 0.25) is 0 Å². The van der Waals surface area contributed by atoms with E-state index < -0.39 is 5.91 Å². The summed E-state index contributed by atoms with van der Waals surface area (Å²) < 4.78 is 10.8. The number of hydrogen-bond donors (Lipinski definition) is 3. The minimum Gasteiger partial charge on any atom is -0.484 e. The number of ether oxygens (including phenoxy) is 2. The summed E-state index contributed by atoms with van der Waals surface area (Å²) in [6.45, 7) is 1.88. The van der Waals surface area contributed by atoms with Crippen LogP contribution < -0.4 is 21.1 Å². The van der Waals surface area contributed by atoms with E-state index in [0.717, 1.165) is 6.42 Å². The zero-order chi connectivity index (χ0) is 18.0. The molecule has 0 bridgehead atoms. The lowest BCUT2D eigenvalue weighted by Gasteiger charge is -2.47. The Bertz CT molecular complexity index is 675. The molecule has 3 amide bonds. The van der Waals surface area contributed by atoms with Crippen LogP contribution in [0.1, 0.15) is 23.7 Å². The van der Waals surface area contributed by atoms with Gasteiger partial charge >= 0.3 is 0 Å². The predicted octanol–water partition coefficient (Wildman–Crippen LogP) is -0.427. The fraction of sp³-hybridized carbons (Fsp3) is 0.471. The van der Waals surface area contributed by atoms with Crippen molar-refractivity contribution in [1.29, 1.82) is 0 Å². The first-order chi connectivity index (χ1) is 12.0. The highest BCUT2D eigenvalue weighted by Crippen LogP contribution is 2.39. The Morgan fingerprint density at radius 3 is 2.56 bits per heavy atom. The van der Waals surface area contributed by atoms with Gasteiger partial charge in [0.2, 0.25) is 5.91 Å². The topological polar surface area (TPSA) is 120 Å². The lowest BCUT2D eigenvalue weighted by molar-refractivity contribution is -0.124. The van der Waals surface area contributed by atoms with Crippen LogP contribution in [0.25, 0.3) is 0 Å². The number of rotatable bonds is 6. The van der Waals surface area contributed by atoms with Gasteiger partial charge in [0.05, 0.1) is 18.2 Å². The maximum atomic E-state index is 12.5. The van der Waals surface area contributed by atoms with Crippen LogP contribution in [-0.4, -0.2) is 49.1 Å². The van der Waals surface area contributed by atoms with Crippen LogP contribution in [0.15, 0.2) is 24.3 Å². The van der Waals surface area contributed by atoms with Gasteiger partial charge in [-0.15, -0.1) is 0 Å². The van der Waals surface area contributed by atoms with Crippen LogP contribution in [0, 0.1) is 5.92 Å². The van der Waals surface area contributed by atoms with Crippen LogP contribution in [0.3, 0.4) is 0 Å². The standard InChI is InChI=1S/C17H21N3O5/c1-9(21)19-15-14(12-6-7-24-16(12)15)20-17(23)10-2-4-11(5-3-10)25-8-13(18)22/h2-5,12,14-16H,6-8H2,1H3,(H2,18,22)(H,19,21)(H,20,23)/t12-,14+,15-,16-/m0/s1. The van der Waals surface area contributed by atoms with Crippen LogP contribution in [-0.2, 0) is 14.3 Å². The van der Waals surface area contributed by atoms with Crippen molar-refractivity contribution in [3.8, 4) is 5.75 Å². The Kier molecular flexibility index (Phi) is 4.89. The van der Waals surface area contributed by atoms with Gasteiger partial charge < -0.3 is 25.8 Å². The number of benzene rings is 1. The molecule has 1 saturated heterocycles. The summed E-state index contributed by atoms with van der Waals surface area (Å²) in [7, 11) is 0. The van der Waals surface area contributed by atoms with Gasteiger partial charge in [-0.05, 0) is 30.7 Å². The highest BCUT2D eigenvalue weighted by atomic mass is 16.5. The molecule has 3 rings (SSSR count). The third-order valence-corrected chi connectivity index (χ3v) is 4.55. The fourth-order valence-corrected chi connectivity index (χ4v) is 3.40. The fourth-order valence-electron chi connectivity index (χ4n) is 3.40. The van der Waals surface area contributed by atoms with Crippen molar-refractivity contribution in [2.75, 3.05) is 13.2 Å². The number of amides is 3. The predicted molar refractivity (Wildman–Crippen MR) is 87.8 cm³/mol. The number of nitrogens with two attached hydrogens (primary N) is 1. The van der Waals surface area contributed by atoms with E-state index in [1.807, 2.05) is 0 Å². The second-order valence-corrected chi connectivity index (χ2v) is 6.29. The minimum absolute atomic E-state index is 0.0289. The van der Waals surface area contributed by atoms with Gasteiger partial charge in [-0.25, -0.2) is 0 Å². The molecule has 1 aliphatic heterocycles. The summed E-state index contributed by atoms with van der Waals surface area (Å²) in [6, 6.07) is 6.08. The van der Waals surface area contributed by atoms with Crippen molar-refractivity contribution in [2.45, 2.75) is 31.5 Å². The molecule has 8 heteroatoms. The van der Waals surface area contributed by atoms with Gasteiger partial charge in [0.1, 0.15) is 5.75 Å². The first-order valence-corrected chi connectivity index (χ1v) is 8.16. The summed E-state index contributed by atoms with van der Waals surface area (Å²) in [6.07, 6.45) is 0.838. The first kappa shape index (κ1) is 17.2. The van der Waals surface area contributed by atoms with Gasteiger partial charge in [0, 0.05) is 25.0 Å². The molecule has 1 saturated carbocycles. The molecule has 2 fully saturated rings. The van der Waals surface area contributed by atoms with Crippen molar-refractivity contribution < 1.29 is 23.9 Å². The summed E-state index contributed by atoms with van der Waals surface area (Å²) >= 11 is 0. The van der Waals surface area contributed by atoms with E-state index in [1.54, 1.807) is 24.3 Å². The number of carbonyl (C=O) groups is 3. The summed E-state index contributed by atoms with van der Waals surface area (Å²) in [5.74, 6) is -0.260. The van der Waals surface area contributed by atoms with Gasteiger partial charge in [0.15, 0.2) is 6.61 Å². The largest absolute Gasteiger partial charge is 0.484 e. The van der Waals surface area contributed by atoms with Crippen molar-refractivity contribution in [2.24, 2.45) is 11.7 Å². The lowest BCUT2D eigenvalue weighted by Crippen LogP contribution is -2.70. The van der Waals surface area contributed by atoms with Crippen LogP contribution in [0.4, 0.5) is 0 Å². The van der Waals surface area contributed by atoms with E-state index >= 15 is 0 Å². The molecule has 8 nitrogen and oxygen atoms in total. The van der Waals surface area contributed by atoms with E-state index in [2.05, 4.69) is 10.6 Å². The second kappa shape index (κ2) is 7.10. The molecule has 0 unspecified atom stereocenters. The average molecular weight is 347 g/mol. The zero-order valence-electron chi connectivity index (χ0n) is 13.9. The number of nitrogens with one attached hydrogen (secondary N) is 2. The SMILES string of the molecule is CC(=O)N[C@H]1[C@H](NC(=O)c2ccc(OCC(N)=O)cc2)[C@@H]2CCO[C@@H]21. The Balaban J connectivity index is 1.61. The molecule has 1 heterocycles. The van der Waals surface area contributed by atoms with Crippen molar-refractivity contribution in [1.82, 2.24) is 10.6 Å². The molecule has 1 aromatic rings. The molecule has 134 valence electrons. The van der Waals surface area contributed by atoms with Gasteiger partial charge in [-0.3, -0.25) is 14.4 Å². The molecule has 4 N–H and O–H groups in total. The second-order valence-electron chi connectivity index (χ2n) is 6.29. The van der Waals surface area contributed by atoms with Crippen molar-refractivity contribution in [3.05, 3.63) is 29.8 Å². The third kappa shape index (κ3) is 3.74. The zero-order valence-corrected chi connectivity index (χ0v) is 13.9. The number of carbonyl (C=O) groups excluding carboxylic acids is 3. The molecular weight excluding hydrogens is 326 g/mol. The molecule has 0 spiro atoms. The maximum Gasteiger partial charge on any atom is 0.255 e. The molecule has 1 aliphatic carbocycles. The minimum atomic E-state index is -0.566. The molecular formula is C17H21N3O5. The molecule has 2 aliphatic rings. The van der Waals surface area contributed by atoms with E-state index in [4.69, 9.17) is 15.2 Å². The lowest BCUT2D eigenvalue weighted by atomic mass is 9.71. The van der Waals surface area contributed by atoms with Gasteiger partial charge in [-0.2, -0.15) is 0 Å². The van der Waals surface area contributed by atoms with E-state index in [-0.39, 0.29) is 42.5 Å². The highest BCUT2D eigenvalue weighted by molar-refractivity contribution is 5.94. The van der Waals surface area contributed by atoms with E-state index in [0.29, 0.717) is 17.9 Å². The molecule has 0 radical (unpaired) electrons. The van der Waals surface area contributed by atoms with Crippen molar-refractivity contribution in [3.63, 3.8) is 0 Å². The third-order valence-electron chi connectivity index (χ3n) is 4.55. The molecule has 0 aromatic heterocycles. The maximum absolute atomic E-state index is 12.5. The number of fused-ring (bicyclic) bond motifs is 1. The highest BCUT2D eigenvalue weighted by Gasteiger charge is 2.54. The summed E-state index contributed by atoms with van der Waals surface area (Å²) in [5.41, 5.74) is 5.48. The van der Waals surface area contributed by atoms with E-state index in [9.17, 15) is 14.4 Å².